The highest BCUT2D eigenvalue weighted by atomic mass is 32.1. The van der Waals surface area contributed by atoms with E-state index in [9.17, 15) is 0 Å². The van der Waals surface area contributed by atoms with Crippen molar-refractivity contribution in [2.24, 2.45) is 5.92 Å². The molecule has 46 heavy (non-hydrogen) atoms. The highest BCUT2D eigenvalue weighted by molar-refractivity contribution is 7.12. The minimum absolute atomic E-state index is 0.341. The monoisotopic (exact) mass is 612 g/mol. The van der Waals surface area contributed by atoms with Gasteiger partial charge in [-0.25, -0.2) is 0 Å². The highest BCUT2D eigenvalue weighted by Crippen LogP contribution is 2.42. The lowest BCUT2D eigenvalue weighted by atomic mass is 9.89. The first kappa shape index (κ1) is 26.6. The van der Waals surface area contributed by atoms with Gasteiger partial charge in [-0.2, -0.15) is 0 Å². The Morgan fingerprint density at radius 1 is 0.761 bits per heavy atom. The van der Waals surface area contributed by atoms with Gasteiger partial charge in [-0.05, 0) is 91.6 Å². The maximum Gasteiger partial charge on any atom is 0.0538 e. The fourth-order valence-electron chi connectivity index (χ4n) is 8.60. The van der Waals surface area contributed by atoms with Crippen LogP contribution < -0.4 is 10.6 Å². The Balaban J connectivity index is 1.13. The van der Waals surface area contributed by atoms with Crippen LogP contribution in [0.4, 0.5) is 0 Å². The van der Waals surface area contributed by atoms with Crippen LogP contribution >= 0.6 is 11.3 Å². The smallest absolute Gasteiger partial charge is 0.0538 e. The number of rotatable bonds is 3. The number of hydrogen-bond donors (Lipinski definition) is 0. The summed E-state index contributed by atoms with van der Waals surface area (Å²) < 4.78 is 5.09. The van der Waals surface area contributed by atoms with Crippen molar-refractivity contribution in [2.75, 3.05) is 0 Å². The molecule has 3 heteroatoms. The summed E-state index contributed by atoms with van der Waals surface area (Å²) >= 11 is 2.06. The molecule has 3 aromatic carbocycles. The zero-order valence-electron chi connectivity index (χ0n) is 26.2. The molecule has 3 aromatic heterocycles. The number of thiophene rings is 1. The lowest BCUT2D eigenvalue weighted by Crippen LogP contribution is -2.33. The first-order chi connectivity index (χ1) is 22.7. The Kier molecular flexibility index (Phi) is 5.90. The summed E-state index contributed by atoms with van der Waals surface area (Å²) in [6, 6.07) is 25.2. The second-order valence-corrected chi connectivity index (χ2v) is 14.7. The van der Waals surface area contributed by atoms with Crippen LogP contribution in [-0.2, 0) is 12.8 Å². The third-order valence-electron chi connectivity index (χ3n) is 10.8. The first-order valence-electron chi connectivity index (χ1n) is 17.0. The molecule has 224 valence electrons. The quantitative estimate of drug-likeness (QED) is 0.188. The fraction of sp³-hybridized carbons (Fsp3) is 0.209. The molecule has 2 nitrogen and oxygen atoms in total. The van der Waals surface area contributed by atoms with Gasteiger partial charge in [0.05, 0.1) is 16.6 Å². The van der Waals surface area contributed by atoms with Crippen molar-refractivity contribution in [3.05, 3.63) is 128 Å². The largest absolute Gasteiger partial charge is 0.313 e. The molecule has 1 unspecified atom stereocenters. The average molecular weight is 613 g/mol. The Labute approximate surface area is 273 Å². The third-order valence-corrected chi connectivity index (χ3v) is 12.1. The number of aryl methyl sites for hydroxylation is 1. The van der Waals surface area contributed by atoms with E-state index >= 15 is 0 Å². The van der Waals surface area contributed by atoms with E-state index in [-0.39, 0.29) is 0 Å². The molecular weight excluding hydrogens is 577 g/mol. The summed E-state index contributed by atoms with van der Waals surface area (Å²) in [5.74, 6) is 0.811. The van der Waals surface area contributed by atoms with E-state index in [2.05, 4.69) is 143 Å². The molecule has 0 bridgehead atoms. The molecule has 10 rings (SSSR count). The van der Waals surface area contributed by atoms with Gasteiger partial charge in [-0.15, -0.1) is 11.3 Å². The van der Waals surface area contributed by atoms with Crippen molar-refractivity contribution in [1.82, 2.24) is 9.13 Å². The van der Waals surface area contributed by atoms with E-state index in [1.165, 1.54) is 84.2 Å². The molecule has 0 fully saturated rings. The maximum absolute atomic E-state index is 2.60. The van der Waals surface area contributed by atoms with Crippen LogP contribution in [0.25, 0.3) is 68.4 Å². The van der Waals surface area contributed by atoms with Gasteiger partial charge in [0.25, 0.3) is 0 Å². The maximum atomic E-state index is 2.60. The van der Waals surface area contributed by atoms with E-state index in [4.69, 9.17) is 0 Å². The van der Waals surface area contributed by atoms with Crippen LogP contribution in [0.5, 0.6) is 0 Å². The van der Waals surface area contributed by atoms with E-state index in [0.29, 0.717) is 11.8 Å². The standard InChI is InChI=1S/C43H36N2S/c1-27-23-43-36(33-15-7-10-18-42(33)46-43)26-41(27)45-38-17-9-6-14-32(38)35-25-29(20-22-40(35)45)28-19-21-39-34(24-28)31-13-5-8-16-37(31)44(39)30-11-3-2-4-12-30/h2-3,5-9,11,13-17,19,21-22,24-27,29H,4,10,12,18,20,23H2,1H3/t27-,29?/m1/s1. The van der Waals surface area contributed by atoms with E-state index in [1.807, 2.05) is 0 Å². The van der Waals surface area contributed by atoms with Crippen molar-refractivity contribution in [3.8, 4) is 0 Å². The number of allylic oxidation sites excluding steroid dienone is 6. The Morgan fingerprint density at radius 3 is 2.43 bits per heavy atom. The Hall–Kier alpha value is -4.60. The molecule has 0 saturated carbocycles. The molecule has 4 aliphatic carbocycles. The molecule has 0 amide bonds. The molecule has 3 heterocycles. The summed E-state index contributed by atoms with van der Waals surface area (Å²) in [4.78, 5) is 3.15. The molecule has 0 spiro atoms. The summed E-state index contributed by atoms with van der Waals surface area (Å²) in [7, 11) is 0. The Morgan fingerprint density at radius 2 is 1.57 bits per heavy atom. The van der Waals surface area contributed by atoms with Gasteiger partial charge in [0, 0.05) is 59.7 Å². The van der Waals surface area contributed by atoms with E-state index < -0.39 is 0 Å². The number of benzene rings is 3. The van der Waals surface area contributed by atoms with Gasteiger partial charge in [0.2, 0.25) is 0 Å². The Bertz CT molecular complexity index is 2500. The normalized spacial score (nSPS) is 20.2. The SMILES string of the molecule is C[C@@H]1Cc2sc3c(c2C=C1n1c2c(c4ccccc41)=CC(c1ccc4c(c1)c1ccccc1n4C1=CC=CCC1)CC=2)C=CCC3. The molecule has 0 N–H and O–H groups in total. The van der Waals surface area contributed by atoms with Gasteiger partial charge >= 0.3 is 0 Å². The van der Waals surface area contributed by atoms with Crippen molar-refractivity contribution in [3.63, 3.8) is 0 Å². The summed E-state index contributed by atoms with van der Waals surface area (Å²) in [6.45, 7) is 2.42. The third kappa shape index (κ3) is 3.88. The molecule has 0 saturated heterocycles. The molecule has 6 aromatic rings. The molecular formula is C43H36N2S. The highest BCUT2D eigenvalue weighted by Gasteiger charge is 2.27. The van der Waals surface area contributed by atoms with E-state index in [1.54, 1.807) is 9.75 Å². The minimum atomic E-state index is 0.341. The predicted molar refractivity (Wildman–Crippen MR) is 198 cm³/mol. The number of hydrogen-bond acceptors (Lipinski definition) is 1. The predicted octanol–water partition coefficient (Wildman–Crippen LogP) is 9.90. The van der Waals surface area contributed by atoms with Crippen molar-refractivity contribution < 1.29 is 0 Å². The van der Waals surface area contributed by atoms with Gasteiger partial charge in [-0.1, -0.05) is 85.8 Å². The average Bonchev–Trinajstić information content (AvgIpc) is 3.75. The number of fused-ring (bicyclic) bond motifs is 9. The first-order valence-corrected chi connectivity index (χ1v) is 17.8. The lowest BCUT2D eigenvalue weighted by Gasteiger charge is -2.24. The van der Waals surface area contributed by atoms with Crippen molar-refractivity contribution >= 4 is 79.7 Å². The van der Waals surface area contributed by atoms with Crippen LogP contribution in [0.1, 0.15) is 65.0 Å². The fourth-order valence-corrected chi connectivity index (χ4v) is 10.0. The molecule has 0 radical (unpaired) electrons. The summed E-state index contributed by atoms with van der Waals surface area (Å²) in [5, 5.41) is 6.82. The topological polar surface area (TPSA) is 9.86 Å². The van der Waals surface area contributed by atoms with Crippen molar-refractivity contribution in [1.29, 1.82) is 0 Å². The van der Waals surface area contributed by atoms with Crippen LogP contribution in [-0.4, -0.2) is 9.13 Å². The van der Waals surface area contributed by atoms with Gasteiger partial charge in [0.15, 0.2) is 0 Å². The van der Waals surface area contributed by atoms with Crippen molar-refractivity contribution in [2.45, 2.75) is 51.4 Å². The van der Waals surface area contributed by atoms with Crippen LogP contribution in [0.3, 0.4) is 0 Å². The molecule has 0 aliphatic heterocycles. The second kappa shape index (κ2) is 10.2. The number of aromatic nitrogens is 2. The lowest BCUT2D eigenvalue weighted by molar-refractivity contribution is 0.707. The minimum Gasteiger partial charge on any atom is -0.313 e. The van der Waals surface area contributed by atoms with Gasteiger partial charge in [-0.3, -0.25) is 0 Å². The number of para-hydroxylation sites is 2. The number of nitrogens with zero attached hydrogens (tertiary/aromatic N) is 2. The molecule has 2 atom stereocenters. The van der Waals surface area contributed by atoms with Crippen LogP contribution in [0, 0.1) is 5.92 Å². The molecule has 4 aliphatic rings. The summed E-state index contributed by atoms with van der Waals surface area (Å²) in [6.07, 6.45) is 25.8. The van der Waals surface area contributed by atoms with E-state index in [0.717, 1.165) is 25.7 Å². The van der Waals surface area contributed by atoms with Gasteiger partial charge in [0.1, 0.15) is 0 Å². The second-order valence-electron chi connectivity index (χ2n) is 13.5. The van der Waals surface area contributed by atoms with Crippen LogP contribution in [0.15, 0.2) is 91.0 Å². The van der Waals surface area contributed by atoms with Crippen LogP contribution in [0.2, 0.25) is 0 Å². The zero-order valence-corrected chi connectivity index (χ0v) is 27.0. The summed E-state index contributed by atoms with van der Waals surface area (Å²) in [5.41, 5.74) is 11.1. The van der Waals surface area contributed by atoms with Gasteiger partial charge < -0.3 is 9.13 Å². The zero-order chi connectivity index (χ0) is 30.4.